The maximum Gasteiger partial charge on any atom is 0.271 e. The van der Waals surface area contributed by atoms with Gasteiger partial charge in [0.25, 0.3) is 5.91 Å². The van der Waals surface area contributed by atoms with E-state index in [-0.39, 0.29) is 11.7 Å². The molecular formula is C13H18N2O2. The molecule has 1 aromatic carbocycles. The molecule has 0 fully saturated rings. The molecule has 17 heavy (non-hydrogen) atoms. The Morgan fingerprint density at radius 3 is 2.76 bits per heavy atom. The maximum atomic E-state index is 11.6. The highest BCUT2D eigenvalue weighted by atomic mass is 16.3. The molecule has 0 atom stereocenters. The highest BCUT2D eigenvalue weighted by molar-refractivity contribution is 5.94. The summed E-state index contributed by atoms with van der Waals surface area (Å²) in [4.78, 5) is 11.6. The molecule has 92 valence electrons. The van der Waals surface area contributed by atoms with Crippen molar-refractivity contribution in [2.75, 3.05) is 0 Å². The van der Waals surface area contributed by atoms with Gasteiger partial charge in [0.1, 0.15) is 5.75 Å². The first-order chi connectivity index (χ1) is 8.17. The summed E-state index contributed by atoms with van der Waals surface area (Å²) in [5, 5.41) is 13.1. The number of aromatic hydroxyl groups is 1. The predicted molar refractivity (Wildman–Crippen MR) is 68.1 cm³/mol. The minimum atomic E-state index is -0.317. The molecule has 0 saturated carbocycles. The molecule has 4 nitrogen and oxygen atoms in total. The van der Waals surface area contributed by atoms with Crippen LogP contribution < -0.4 is 5.43 Å². The summed E-state index contributed by atoms with van der Waals surface area (Å²) in [6, 6.07) is 6.17. The van der Waals surface area contributed by atoms with Crippen LogP contribution in [-0.4, -0.2) is 17.2 Å². The first-order valence-electron chi connectivity index (χ1n) is 5.79. The Morgan fingerprint density at radius 2 is 2.18 bits per heavy atom. The molecule has 0 unspecified atom stereocenters. The van der Waals surface area contributed by atoms with E-state index in [1.807, 2.05) is 0 Å². The van der Waals surface area contributed by atoms with Gasteiger partial charge in [0, 0.05) is 11.8 Å². The number of nitrogens with one attached hydrogen (secondary N) is 1. The molecule has 0 aromatic heterocycles. The van der Waals surface area contributed by atoms with Gasteiger partial charge in [0.2, 0.25) is 0 Å². The number of carbonyl (C=O) groups excluding carboxylic acids is 1. The second kappa shape index (κ2) is 6.68. The molecule has 0 aliphatic carbocycles. The van der Waals surface area contributed by atoms with Crippen LogP contribution in [0.3, 0.4) is 0 Å². The summed E-state index contributed by atoms with van der Waals surface area (Å²) < 4.78 is 0. The Hall–Kier alpha value is -1.84. The lowest BCUT2D eigenvalue weighted by Crippen LogP contribution is -2.18. The Morgan fingerprint density at radius 1 is 1.47 bits per heavy atom. The van der Waals surface area contributed by atoms with Crippen molar-refractivity contribution in [3.05, 3.63) is 29.8 Å². The summed E-state index contributed by atoms with van der Waals surface area (Å²) in [5.41, 5.74) is 2.84. The molecule has 0 spiro atoms. The maximum absolute atomic E-state index is 11.6. The van der Waals surface area contributed by atoms with Gasteiger partial charge in [-0.05, 0) is 37.0 Å². The van der Waals surface area contributed by atoms with E-state index in [1.54, 1.807) is 18.3 Å². The molecule has 0 heterocycles. The van der Waals surface area contributed by atoms with Crippen LogP contribution in [0.1, 0.15) is 37.0 Å². The van der Waals surface area contributed by atoms with E-state index >= 15 is 0 Å². The highest BCUT2D eigenvalue weighted by Gasteiger charge is 2.04. The molecule has 1 aromatic rings. The quantitative estimate of drug-likeness (QED) is 0.607. The Kier molecular flexibility index (Phi) is 5.20. The zero-order valence-electron chi connectivity index (χ0n) is 10.2. The predicted octanol–water partition coefficient (Wildman–Crippen LogP) is 2.54. The van der Waals surface area contributed by atoms with Crippen LogP contribution >= 0.6 is 0 Å². The third-order valence-corrected chi connectivity index (χ3v) is 2.61. The standard InChI is InChI=1S/C13H18N2O2/c1-3-10(4-2)9-14-15-13(17)11-6-5-7-12(16)8-11/h5-10,16H,3-4H2,1-2H3,(H,15,17)/b14-9-. The van der Waals surface area contributed by atoms with Gasteiger partial charge >= 0.3 is 0 Å². The number of phenolic OH excluding ortho intramolecular Hbond substituents is 1. The van der Waals surface area contributed by atoms with Crippen LogP contribution in [0.15, 0.2) is 29.4 Å². The summed E-state index contributed by atoms with van der Waals surface area (Å²) >= 11 is 0. The number of hydrazone groups is 1. The summed E-state index contributed by atoms with van der Waals surface area (Å²) in [6.45, 7) is 4.16. The fourth-order valence-corrected chi connectivity index (χ4v) is 1.41. The van der Waals surface area contributed by atoms with Gasteiger partial charge in [-0.15, -0.1) is 0 Å². The number of nitrogens with zero attached hydrogens (tertiary/aromatic N) is 1. The smallest absolute Gasteiger partial charge is 0.271 e. The highest BCUT2D eigenvalue weighted by Crippen LogP contribution is 2.10. The fourth-order valence-electron chi connectivity index (χ4n) is 1.41. The molecule has 4 heteroatoms. The molecule has 0 saturated heterocycles. The van der Waals surface area contributed by atoms with Crippen molar-refractivity contribution in [1.29, 1.82) is 0 Å². The SMILES string of the molecule is CCC(/C=N\NC(=O)c1cccc(O)c1)CC. The largest absolute Gasteiger partial charge is 0.508 e. The number of rotatable bonds is 5. The van der Waals surface area contributed by atoms with Gasteiger partial charge in [-0.25, -0.2) is 5.43 Å². The zero-order chi connectivity index (χ0) is 12.7. The number of benzene rings is 1. The summed E-state index contributed by atoms with van der Waals surface area (Å²) in [7, 11) is 0. The minimum absolute atomic E-state index is 0.0709. The fraction of sp³-hybridized carbons (Fsp3) is 0.385. The van der Waals surface area contributed by atoms with Gasteiger partial charge in [-0.3, -0.25) is 4.79 Å². The van der Waals surface area contributed by atoms with Gasteiger partial charge in [0.15, 0.2) is 0 Å². The van der Waals surface area contributed by atoms with E-state index in [0.29, 0.717) is 11.5 Å². The first-order valence-corrected chi connectivity index (χ1v) is 5.79. The molecular weight excluding hydrogens is 216 g/mol. The van der Waals surface area contributed by atoms with Crippen LogP contribution in [0.4, 0.5) is 0 Å². The molecule has 2 N–H and O–H groups in total. The lowest BCUT2D eigenvalue weighted by Gasteiger charge is -2.04. The average molecular weight is 234 g/mol. The minimum Gasteiger partial charge on any atom is -0.508 e. The third kappa shape index (κ3) is 4.26. The van der Waals surface area contributed by atoms with Gasteiger partial charge < -0.3 is 5.11 Å². The van der Waals surface area contributed by atoms with E-state index in [9.17, 15) is 9.90 Å². The number of hydrogen-bond acceptors (Lipinski definition) is 3. The summed E-state index contributed by atoms with van der Waals surface area (Å²) in [6.07, 6.45) is 3.75. The van der Waals surface area contributed by atoms with Crippen molar-refractivity contribution < 1.29 is 9.90 Å². The van der Waals surface area contributed by atoms with Gasteiger partial charge in [-0.1, -0.05) is 19.9 Å². The topological polar surface area (TPSA) is 61.7 Å². The Labute approximate surface area is 101 Å². The van der Waals surface area contributed by atoms with Crippen LogP contribution in [0.2, 0.25) is 0 Å². The molecule has 0 radical (unpaired) electrons. The van der Waals surface area contributed by atoms with Gasteiger partial charge in [0.05, 0.1) is 0 Å². The van der Waals surface area contributed by atoms with Crippen LogP contribution in [0.25, 0.3) is 0 Å². The van der Waals surface area contributed by atoms with Crippen molar-refractivity contribution in [1.82, 2.24) is 5.43 Å². The molecule has 0 bridgehead atoms. The van der Waals surface area contributed by atoms with E-state index in [4.69, 9.17) is 0 Å². The summed E-state index contributed by atoms with van der Waals surface area (Å²) in [5.74, 6) is 0.143. The Balaban J connectivity index is 2.55. The monoisotopic (exact) mass is 234 g/mol. The van der Waals surface area contributed by atoms with E-state index in [2.05, 4.69) is 24.4 Å². The van der Waals surface area contributed by atoms with Crippen LogP contribution in [0.5, 0.6) is 5.75 Å². The Bertz CT molecular complexity index is 398. The first kappa shape index (κ1) is 13.2. The van der Waals surface area contributed by atoms with Crippen molar-refractivity contribution in [2.45, 2.75) is 26.7 Å². The zero-order valence-corrected chi connectivity index (χ0v) is 10.2. The number of amides is 1. The van der Waals surface area contributed by atoms with Crippen molar-refractivity contribution in [3.63, 3.8) is 0 Å². The van der Waals surface area contributed by atoms with Crippen LogP contribution in [0, 0.1) is 5.92 Å². The lowest BCUT2D eigenvalue weighted by molar-refractivity contribution is 0.0954. The van der Waals surface area contributed by atoms with Crippen LogP contribution in [-0.2, 0) is 0 Å². The normalized spacial score (nSPS) is 11.0. The molecule has 1 amide bonds. The molecule has 0 aliphatic heterocycles. The van der Waals surface area contributed by atoms with E-state index in [1.165, 1.54) is 12.1 Å². The molecule has 1 rings (SSSR count). The van der Waals surface area contributed by atoms with Crippen molar-refractivity contribution in [2.24, 2.45) is 11.0 Å². The third-order valence-electron chi connectivity index (χ3n) is 2.61. The molecule has 0 aliphatic rings. The van der Waals surface area contributed by atoms with Gasteiger partial charge in [-0.2, -0.15) is 5.10 Å². The average Bonchev–Trinajstić information content (AvgIpc) is 2.34. The van der Waals surface area contributed by atoms with E-state index in [0.717, 1.165) is 12.8 Å². The van der Waals surface area contributed by atoms with Crippen molar-refractivity contribution >= 4 is 12.1 Å². The van der Waals surface area contributed by atoms with Crippen molar-refractivity contribution in [3.8, 4) is 5.75 Å². The number of phenols is 1. The van der Waals surface area contributed by atoms with E-state index < -0.39 is 0 Å². The second-order valence-electron chi connectivity index (χ2n) is 3.85. The lowest BCUT2D eigenvalue weighted by atomic mass is 10.1. The second-order valence-corrected chi connectivity index (χ2v) is 3.85. The number of hydrogen-bond donors (Lipinski definition) is 2. The number of carbonyl (C=O) groups is 1.